The topological polar surface area (TPSA) is 59.5 Å². The third kappa shape index (κ3) is 3.32. The van der Waals surface area contributed by atoms with Gasteiger partial charge in [-0.3, -0.25) is 9.59 Å². The van der Waals surface area contributed by atoms with Gasteiger partial charge in [-0.1, -0.05) is 0 Å². The van der Waals surface area contributed by atoms with Crippen molar-refractivity contribution in [2.75, 3.05) is 20.2 Å². The molecule has 19 heavy (non-hydrogen) atoms. The summed E-state index contributed by atoms with van der Waals surface area (Å²) >= 11 is 3.23. The van der Waals surface area contributed by atoms with E-state index in [0.717, 1.165) is 12.8 Å². The molecule has 0 radical (unpaired) electrons. The van der Waals surface area contributed by atoms with Crippen molar-refractivity contribution in [2.24, 2.45) is 5.92 Å². The van der Waals surface area contributed by atoms with E-state index in [1.54, 1.807) is 17.0 Å². The normalized spacial score (nSPS) is 19.1. The van der Waals surface area contributed by atoms with E-state index in [1.165, 1.54) is 13.3 Å². The Kier molecular flexibility index (Phi) is 4.52. The zero-order valence-electron chi connectivity index (χ0n) is 10.6. The van der Waals surface area contributed by atoms with Gasteiger partial charge in [-0.05, 0) is 40.9 Å². The van der Waals surface area contributed by atoms with Crippen LogP contribution in [0.4, 0.5) is 0 Å². The van der Waals surface area contributed by atoms with Gasteiger partial charge in [0.05, 0.1) is 18.6 Å². The minimum absolute atomic E-state index is 0.0893. The van der Waals surface area contributed by atoms with Crippen LogP contribution in [-0.4, -0.2) is 42.0 Å². The van der Waals surface area contributed by atoms with Crippen LogP contribution in [0, 0.1) is 5.92 Å². The van der Waals surface area contributed by atoms with Gasteiger partial charge in [-0.2, -0.15) is 0 Å². The molecule has 1 saturated heterocycles. The fraction of sp³-hybridized carbons (Fsp3) is 0.462. The molecule has 1 amide bonds. The molecule has 1 unspecified atom stereocenters. The average Bonchev–Trinajstić information content (AvgIpc) is 2.46. The van der Waals surface area contributed by atoms with Crippen LogP contribution in [-0.2, 0) is 9.53 Å². The Morgan fingerprint density at radius 2 is 2.26 bits per heavy atom. The molecule has 2 rings (SSSR count). The fourth-order valence-corrected chi connectivity index (χ4v) is 2.44. The molecule has 2 heterocycles. The maximum Gasteiger partial charge on any atom is 0.310 e. The zero-order valence-corrected chi connectivity index (χ0v) is 12.2. The summed E-state index contributed by atoms with van der Waals surface area (Å²) in [6, 6.07) is 3.45. The Bertz CT molecular complexity index is 475. The SMILES string of the molecule is COC(=O)C1CCCN(C(=O)c2ccc(Br)nc2)C1. The first-order chi connectivity index (χ1) is 9.11. The molecule has 0 aliphatic carbocycles. The summed E-state index contributed by atoms with van der Waals surface area (Å²) in [5, 5.41) is 0. The van der Waals surface area contributed by atoms with Gasteiger partial charge in [0.15, 0.2) is 0 Å². The third-order valence-corrected chi connectivity index (χ3v) is 3.69. The lowest BCUT2D eigenvalue weighted by molar-refractivity contribution is -0.146. The summed E-state index contributed by atoms with van der Waals surface area (Å²) in [6.45, 7) is 1.09. The number of ether oxygens (including phenoxy) is 1. The summed E-state index contributed by atoms with van der Waals surface area (Å²) < 4.78 is 5.43. The van der Waals surface area contributed by atoms with Gasteiger partial charge >= 0.3 is 5.97 Å². The standard InChI is InChI=1S/C13H15BrN2O3/c1-19-13(18)10-3-2-6-16(8-10)12(17)9-4-5-11(14)15-7-9/h4-5,7,10H,2-3,6,8H2,1H3. The quantitative estimate of drug-likeness (QED) is 0.615. The number of carbonyl (C=O) groups excluding carboxylic acids is 2. The zero-order chi connectivity index (χ0) is 13.8. The number of carbonyl (C=O) groups is 2. The number of amides is 1. The Hall–Kier alpha value is -1.43. The van der Waals surface area contributed by atoms with Gasteiger partial charge in [0.25, 0.3) is 5.91 Å². The smallest absolute Gasteiger partial charge is 0.310 e. The predicted molar refractivity (Wildman–Crippen MR) is 72.6 cm³/mol. The van der Waals surface area contributed by atoms with Gasteiger partial charge in [-0.15, -0.1) is 0 Å². The van der Waals surface area contributed by atoms with Crippen molar-refractivity contribution in [1.82, 2.24) is 9.88 Å². The molecular weight excluding hydrogens is 312 g/mol. The Balaban J connectivity index is 2.06. The summed E-state index contributed by atoms with van der Waals surface area (Å²) in [5.41, 5.74) is 0.536. The molecule has 0 saturated carbocycles. The third-order valence-electron chi connectivity index (χ3n) is 3.22. The number of piperidine rings is 1. The number of methoxy groups -OCH3 is 1. The molecule has 1 aliphatic rings. The molecule has 1 aromatic heterocycles. The van der Waals surface area contributed by atoms with Crippen LogP contribution in [0.15, 0.2) is 22.9 Å². The Labute approximate surface area is 120 Å². The van der Waals surface area contributed by atoms with Crippen molar-refractivity contribution < 1.29 is 14.3 Å². The van der Waals surface area contributed by atoms with Crippen molar-refractivity contribution in [3.8, 4) is 0 Å². The predicted octanol–water partition coefficient (Wildman–Crippen LogP) is 1.87. The Morgan fingerprint density at radius 3 is 2.89 bits per heavy atom. The van der Waals surface area contributed by atoms with Crippen LogP contribution in [0.2, 0.25) is 0 Å². The molecule has 0 aromatic carbocycles. The van der Waals surface area contributed by atoms with Crippen LogP contribution in [0.3, 0.4) is 0 Å². The number of hydrogen-bond acceptors (Lipinski definition) is 4. The number of likely N-dealkylation sites (tertiary alicyclic amines) is 1. The highest BCUT2D eigenvalue weighted by atomic mass is 79.9. The maximum absolute atomic E-state index is 12.3. The monoisotopic (exact) mass is 326 g/mol. The highest BCUT2D eigenvalue weighted by Crippen LogP contribution is 2.19. The number of esters is 1. The van der Waals surface area contributed by atoms with Crippen molar-refractivity contribution in [2.45, 2.75) is 12.8 Å². The van der Waals surface area contributed by atoms with Crippen LogP contribution in [0.25, 0.3) is 0 Å². The van der Waals surface area contributed by atoms with Crippen molar-refractivity contribution in [3.63, 3.8) is 0 Å². The molecule has 0 spiro atoms. The minimum atomic E-state index is -0.244. The maximum atomic E-state index is 12.3. The van der Waals surface area contributed by atoms with E-state index in [1.807, 2.05) is 0 Å². The van der Waals surface area contributed by atoms with Gasteiger partial charge in [0, 0.05) is 19.3 Å². The van der Waals surface area contributed by atoms with E-state index >= 15 is 0 Å². The minimum Gasteiger partial charge on any atom is -0.469 e. The van der Waals surface area contributed by atoms with E-state index in [-0.39, 0.29) is 17.8 Å². The second kappa shape index (κ2) is 6.14. The highest BCUT2D eigenvalue weighted by Gasteiger charge is 2.29. The summed E-state index contributed by atoms with van der Waals surface area (Å²) in [7, 11) is 1.38. The molecule has 0 N–H and O–H groups in total. The molecule has 5 nitrogen and oxygen atoms in total. The highest BCUT2D eigenvalue weighted by molar-refractivity contribution is 9.10. The van der Waals surface area contributed by atoms with Gasteiger partial charge in [0.1, 0.15) is 4.60 Å². The van der Waals surface area contributed by atoms with Gasteiger partial charge < -0.3 is 9.64 Å². The molecule has 1 aliphatic heterocycles. The first kappa shape index (κ1) is 14.0. The number of pyridine rings is 1. The first-order valence-electron chi connectivity index (χ1n) is 6.10. The number of aromatic nitrogens is 1. The molecule has 6 heteroatoms. The lowest BCUT2D eigenvalue weighted by atomic mass is 9.97. The van der Waals surface area contributed by atoms with Crippen molar-refractivity contribution in [1.29, 1.82) is 0 Å². The van der Waals surface area contributed by atoms with E-state index < -0.39 is 0 Å². The molecule has 102 valence electrons. The second-order valence-corrected chi connectivity index (χ2v) is 5.30. The van der Waals surface area contributed by atoms with Gasteiger partial charge in [-0.25, -0.2) is 4.98 Å². The second-order valence-electron chi connectivity index (χ2n) is 4.48. The van der Waals surface area contributed by atoms with Crippen LogP contribution >= 0.6 is 15.9 Å². The fourth-order valence-electron chi connectivity index (χ4n) is 2.21. The lowest BCUT2D eigenvalue weighted by Gasteiger charge is -2.31. The lowest BCUT2D eigenvalue weighted by Crippen LogP contribution is -2.42. The molecule has 1 fully saturated rings. The van der Waals surface area contributed by atoms with Gasteiger partial charge in [0.2, 0.25) is 0 Å². The van der Waals surface area contributed by atoms with Crippen molar-refractivity contribution in [3.05, 3.63) is 28.5 Å². The van der Waals surface area contributed by atoms with E-state index in [4.69, 9.17) is 4.74 Å². The van der Waals surface area contributed by atoms with Crippen LogP contribution < -0.4 is 0 Å². The van der Waals surface area contributed by atoms with Crippen molar-refractivity contribution >= 4 is 27.8 Å². The summed E-state index contributed by atoms with van der Waals surface area (Å²) in [5.74, 6) is -0.550. The number of nitrogens with zero attached hydrogens (tertiary/aromatic N) is 2. The summed E-state index contributed by atoms with van der Waals surface area (Å²) in [6.07, 6.45) is 3.12. The van der Waals surface area contributed by atoms with E-state index in [2.05, 4.69) is 20.9 Å². The van der Waals surface area contributed by atoms with E-state index in [0.29, 0.717) is 23.3 Å². The molecular formula is C13H15BrN2O3. The van der Waals surface area contributed by atoms with Crippen LogP contribution in [0.1, 0.15) is 23.2 Å². The number of halogens is 1. The van der Waals surface area contributed by atoms with Crippen LogP contribution in [0.5, 0.6) is 0 Å². The summed E-state index contributed by atoms with van der Waals surface area (Å²) in [4.78, 5) is 29.6. The average molecular weight is 327 g/mol. The largest absolute Gasteiger partial charge is 0.469 e. The molecule has 1 atom stereocenters. The Morgan fingerprint density at radius 1 is 1.47 bits per heavy atom. The number of rotatable bonds is 2. The van der Waals surface area contributed by atoms with E-state index in [9.17, 15) is 9.59 Å². The molecule has 1 aromatic rings. The number of hydrogen-bond donors (Lipinski definition) is 0. The molecule has 0 bridgehead atoms. The first-order valence-corrected chi connectivity index (χ1v) is 6.89.